The average Bonchev–Trinajstić information content (AvgIpc) is 3.02. The Morgan fingerprint density at radius 3 is 2.17 bits per heavy atom. The third kappa shape index (κ3) is 8.72. The second-order valence-electron chi connectivity index (χ2n) is 12.1. The summed E-state index contributed by atoms with van der Waals surface area (Å²) in [6, 6.07) is 26.8. The zero-order valence-electron chi connectivity index (χ0n) is 26.7. The van der Waals surface area contributed by atoms with Gasteiger partial charge in [0, 0.05) is 30.1 Å². The van der Waals surface area contributed by atoms with Crippen LogP contribution in [0.1, 0.15) is 37.5 Å². The van der Waals surface area contributed by atoms with Crippen molar-refractivity contribution in [2.45, 2.75) is 57.1 Å². The summed E-state index contributed by atoms with van der Waals surface area (Å²) in [4.78, 5) is 29.7. The first-order valence-corrected chi connectivity index (χ1v) is 16.3. The summed E-state index contributed by atoms with van der Waals surface area (Å²) in [5.41, 5.74) is 1.39. The van der Waals surface area contributed by atoms with E-state index in [1.807, 2.05) is 58.0 Å². The zero-order chi connectivity index (χ0) is 33.5. The maximum atomic E-state index is 15.1. The fourth-order valence-electron chi connectivity index (χ4n) is 4.95. The molecule has 0 heterocycles. The third-order valence-electron chi connectivity index (χ3n) is 7.30. The summed E-state index contributed by atoms with van der Waals surface area (Å²) >= 11 is 0. The summed E-state index contributed by atoms with van der Waals surface area (Å²) in [5, 5.41) is 2.96. The SMILES string of the molecule is COc1cccc(N(CC(=O)N(Cc2ccccc2F)[C@@H](Cc2ccccc2)C(=O)NC(C)(C)C)S(=O)(=O)c2ccc(C)cc2)c1. The van der Waals surface area contributed by atoms with Gasteiger partial charge in [-0.15, -0.1) is 0 Å². The highest BCUT2D eigenvalue weighted by atomic mass is 32.2. The molecule has 2 amide bonds. The van der Waals surface area contributed by atoms with Gasteiger partial charge in [0.2, 0.25) is 11.8 Å². The number of hydrogen-bond donors (Lipinski definition) is 1. The van der Waals surface area contributed by atoms with E-state index in [2.05, 4.69) is 5.32 Å². The van der Waals surface area contributed by atoms with Gasteiger partial charge in [-0.2, -0.15) is 0 Å². The Balaban J connectivity index is 1.84. The number of carbonyl (C=O) groups excluding carboxylic acids is 2. The van der Waals surface area contributed by atoms with Crippen molar-refractivity contribution in [1.29, 1.82) is 0 Å². The van der Waals surface area contributed by atoms with E-state index in [0.717, 1.165) is 15.4 Å². The van der Waals surface area contributed by atoms with E-state index in [4.69, 9.17) is 4.74 Å². The second-order valence-corrected chi connectivity index (χ2v) is 13.9. The molecule has 4 aromatic rings. The summed E-state index contributed by atoms with van der Waals surface area (Å²) in [7, 11) is -2.82. The first kappa shape index (κ1) is 34.2. The lowest BCUT2D eigenvalue weighted by atomic mass is 10.0. The van der Waals surface area contributed by atoms with Crippen LogP contribution in [0.25, 0.3) is 0 Å². The first-order valence-electron chi connectivity index (χ1n) is 14.9. The minimum Gasteiger partial charge on any atom is -0.497 e. The number of halogens is 1. The van der Waals surface area contributed by atoms with Crippen LogP contribution < -0.4 is 14.4 Å². The van der Waals surface area contributed by atoms with Gasteiger partial charge in [0.1, 0.15) is 24.2 Å². The number of benzene rings is 4. The number of aryl methyl sites for hydroxylation is 1. The van der Waals surface area contributed by atoms with Gasteiger partial charge in [0.15, 0.2) is 0 Å². The van der Waals surface area contributed by atoms with Crippen molar-refractivity contribution in [2.75, 3.05) is 18.0 Å². The molecule has 4 aromatic carbocycles. The molecule has 4 rings (SSSR count). The summed E-state index contributed by atoms with van der Waals surface area (Å²) in [5.74, 6) is -1.29. The Hall–Kier alpha value is -4.70. The van der Waals surface area contributed by atoms with Crippen LogP contribution in [0.15, 0.2) is 108 Å². The Morgan fingerprint density at radius 1 is 0.891 bits per heavy atom. The molecule has 0 aliphatic carbocycles. The molecule has 242 valence electrons. The van der Waals surface area contributed by atoms with Crippen LogP contribution in [0.2, 0.25) is 0 Å². The quantitative estimate of drug-likeness (QED) is 0.207. The molecule has 0 radical (unpaired) electrons. The number of hydrogen-bond acceptors (Lipinski definition) is 5. The lowest BCUT2D eigenvalue weighted by Crippen LogP contribution is -2.56. The number of ether oxygens (including phenoxy) is 1. The molecule has 46 heavy (non-hydrogen) atoms. The van der Waals surface area contributed by atoms with Crippen molar-refractivity contribution >= 4 is 27.5 Å². The number of sulfonamides is 1. The van der Waals surface area contributed by atoms with Crippen LogP contribution in [0.3, 0.4) is 0 Å². The average molecular weight is 646 g/mol. The fraction of sp³-hybridized carbons (Fsp3) is 0.278. The Labute approximate surface area is 270 Å². The first-order chi connectivity index (χ1) is 21.8. The maximum Gasteiger partial charge on any atom is 0.264 e. The lowest BCUT2D eigenvalue weighted by Gasteiger charge is -2.35. The standard InChI is InChI=1S/C36H40FN3O5S/c1-26-18-20-31(21-19-26)46(43,44)40(29-15-11-16-30(23-29)45-5)25-34(41)39(24-28-14-9-10-17-32(28)37)33(35(42)38-36(2,3)4)22-27-12-7-6-8-13-27/h6-21,23,33H,22,24-25H2,1-5H3,(H,38,42)/t33-/m0/s1. The molecule has 0 aliphatic rings. The van der Waals surface area contributed by atoms with Crippen molar-refractivity contribution in [3.8, 4) is 5.75 Å². The molecule has 0 unspecified atom stereocenters. The normalized spacial score (nSPS) is 12.2. The molecular formula is C36H40FN3O5S. The van der Waals surface area contributed by atoms with E-state index >= 15 is 4.39 Å². The number of nitrogens with zero attached hydrogens (tertiary/aromatic N) is 2. The smallest absolute Gasteiger partial charge is 0.264 e. The van der Waals surface area contributed by atoms with E-state index in [-0.39, 0.29) is 29.1 Å². The van der Waals surface area contributed by atoms with Gasteiger partial charge in [-0.05, 0) is 63.6 Å². The zero-order valence-corrected chi connectivity index (χ0v) is 27.6. The van der Waals surface area contributed by atoms with Gasteiger partial charge in [0.05, 0.1) is 17.7 Å². The number of amides is 2. The van der Waals surface area contributed by atoms with Crippen molar-refractivity contribution in [2.24, 2.45) is 0 Å². The van der Waals surface area contributed by atoms with Crippen LogP contribution in [0.4, 0.5) is 10.1 Å². The molecule has 0 spiro atoms. The summed E-state index contributed by atoms with van der Waals surface area (Å²) in [6.07, 6.45) is 0.118. The van der Waals surface area contributed by atoms with Crippen molar-refractivity contribution in [3.63, 3.8) is 0 Å². The van der Waals surface area contributed by atoms with Gasteiger partial charge in [-0.3, -0.25) is 13.9 Å². The number of methoxy groups -OCH3 is 1. The molecular weight excluding hydrogens is 605 g/mol. The Kier molecular flexibility index (Phi) is 10.8. The number of nitrogens with one attached hydrogen (secondary N) is 1. The van der Waals surface area contributed by atoms with E-state index < -0.39 is 45.8 Å². The molecule has 0 saturated heterocycles. The largest absolute Gasteiger partial charge is 0.497 e. The van der Waals surface area contributed by atoms with Crippen LogP contribution in [0, 0.1) is 12.7 Å². The predicted octanol–water partition coefficient (Wildman–Crippen LogP) is 5.89. The van der Waals surface area contributed by atoms with Crippen LogP contribution in [0.5, 0.6) is 5.75 Å². The summed E-state index contributed by atoms with van der Waals surface area (Å²) in [6.45, 7) is 6.39. The van der Waals surface area contributed by atoms with Gasteiger partial charge in [-0.25, -0.2) is 12.8 Å². The van der Waals surface area contributed by atoms with E-state index in [0.29, 0.717) is 5.75 Å². The highest BCUT2D eigenvalue weighted by molar-refractivity contribution is 7.92. The molecule has 0 bridgehead atoms. The topological polar surface area (TPSA) is 96.0 Å². The van der Waals surface area contributed by atoms with Crippen molar-refractivity contribution < 1.29 is 27.1 Å². The molecule has 0 saturated carbocycles. The predicted molar refractivity (Wildman–Crippen MR) is 177 cm³/mol. The summed E-state index contributed by atoms with van der Waals surface area (Å²) < 4.78 is 49.8. The van der Waals surface area contributed by atoms with Gasteiger partial charge >= 0.3 is 0 Å². The van der Waals surface area contributed by atoms with Crippen molar-refractivity contribution in [1.82, 2.24) is 10.2 Å². The third-order valence-corrected chi connectivity index (χ3v) is 9.09. The molecule has 1 atom stereocenters. The van der Waals surface area contributed by atoms with Crippen molar-refractivity contribution in [3.05, 3.63) is 126 Å². The fourth-order valence-corrected chi connectivity index (χ4v) is 6.35. The molecule has 1 N–H and O–H groups in total. The van der Waals surface area contributed by atoms with E-state index in [9.17, 15) is 18.0 Å². The molecule has 0 aliphatic heterocycles. The highest BCUT2D eigenvalue weighted by Crippen LogP contribution is 2.28. The second kappa shape index (κ2) is 14.6. The van der Waals surface area contributed by atoms with Gasteiger partial charge in [-0.1, -0.05) is 72.3 Å². The number of carbonyl (C=O) groups is 2. The maximum absolute atomic E-state index is 15.1. The number of rotatable bonds is 12. The Bertz CT molecular complexity index is 1760. The van der Waals surface area contributed by atoms with E-state index in [1.165, 1.54) is 42.3 Å². The van der Waals surface area contributed by atoms with Crippen LogP contribution >= 0.6 is 0 Å². The van der Waals surface area contributed by atoms with Crippen LogP contribution in [-0.2, 0) is 32.6 Å². The molecule has 10 heteroatoms. The lowest BCUT2D eigenvalue weighted by molar-refractivity contribution is -0.140. The van der Waals surface area contributed by atoms with Gasteiger partial charge < -0.3 is 15.0 Å². The number of anilines is 1. The Morgan fingerprint density at radius 2 is 1.54 bits per heavy atom. The monoisotopic (exact) mass is 645 g/mol. The van der Waals surface area contributed by atoms with Crippen LogP contribution in [-0.4, -0.2) is 50.4 Å². The molecule has 0 fully saturated rings. The molecule has 0 aromatic heterocycles. The van der Waals surface area contributed by atoms with Gasteiger partial charge in [0.25, 0.3) is 10.0 Å². The van der Waals surface area contributed by atoms with E-state index in [1.54, 1.807) is 42.5 Å². The molecule has 8 nitrogen and oxygen atoms in total. The minimum atomic E-state index is -4.28. The minimum absolute atomic E-state index is 0.0133. The highest BCUT2D eigenvalue weighted by Gasteiger charge is 2.36.